The topological polar surface area (TPSA) is 69.6 Å². The van der Waals surface area contributed by atoms with Crippen molar-refractivity contribution in [2.45, 2.75) is 25.8 Å². The lowest BCUT2D eigenvalue weighted by Gasteiger charge is -2.10. The van der Waals surface area contributed by atoms with Crippen molar-refractivity contribution < 1.29 is 28.2 Å². The van der Waals surface area contributed by atoms with Crippen molar-refractivity contribution in [2.24, 2.45) is 0 Å². The molecule has 0 heterocycles. The standard InChI is InChI=1S/C9H10F3NO3/c1-4(14)13-7-3-5(9(10,11)12)2-6(7)8(15)16/h2,8,15-16H,3H2,1H3,(H,13,14). The average molecular weight is 237 g/mol. The van der Waals surface area contributed by atoms with Gasteiger partial charge in [-0.25, -0.2) is 0 Å². The van der Waals surface area contributed by atoms with Crippen LogP contribution in [0.1, 0.15) is 13.3 Å². The quantitative estimate of drug-likeness (QED) is 0.615. The molecule has 1 amide bonds. The second kappa shape index (κ2) is 4.26. The Labute approximate surface area is 89.1 Å². The molecule has 0 atom stereocenters. The number of halogens is 3. The SMILES string of the molecule is CC(=O)NC1=C(C(O)O)C=C(C(F)(F)F)C1. The fourth-order valence-electron chi connectivity index (χ4n) is 1.36. The number of carbonyl (C=O) groups is 1. The van der Waals surface area contributed by atoms with Gasteiger partial charge in [-0.1, -0.05) is 0 Å². The van der Waals surface area contributed by atoms with Crippen molar-refractivity contribution in [3.05, 3.63) is 22.9 Å². The smallest absolute Gasteiger partial charge is 0.364 e. The van der Waals surface area contributed by atoms with Crippen molar-refractivity contribution in [3.8, 4) is 0 Å². The van der Waals surface area contributed by atoms with Crippen molar-refractivity contribution >= 4 is 5.91 Å². The lowest BCUT2D eigenvalue weighted by atomic mass is 10.2. The number of allylic oxidation sites excluding steroid dienone is 1. The molecule has 4 nitrogen and oxygen atoms in total. The predicted molar refractivity (Wildman–Crippen MR) is 47.8 cm³/mol. The van der Waals surface area contributed by atoms with Crippen molar-refractivity contribution in [2.75, 3.05) is 0 Å². The van der Waals surface area contributed by atoms with E-state index < -0.39 is 30.4 Å². The summed E-state index contributed by atoms with van der Waals surface area (Å²) in [5, 5.41) is 19.9. The number of aliphatic hydroxyl groups is 2. The highest BCUT2D eigenvalue weighted by Gasteiger charge is 2.38. The summed E-state index contributed by atoms with van der Waals surface area (Å²) in [7, 11) is 0. The maximum absolute atomic E-state index is 12.3. The minimum absolute atomic E-state index is 0.130. The fraction of sp³-hybridized carbons (Fsp3) is 0.444. The monoisotopic (exact) mass is 237 g/mol. The van der Waals surface area contributed by atoms with Crippen molar-refractivity contribution in [1.82, 2.24) is 5.32 Å². The number of alkyl halides is 3. The summed E-state index contributed by atoms with van der Waals surface area (Å²) in [6.07, 6.45) is -6.51. The third-order valence-electron chi connectivity index (χ3n) is 2.01. The maximum Gasteiger partial charge on any atom is 0.413 e. The molecule has 0 saturated carbocycles. The van der Waals surface area contributed by atoms with Gasteiger partial charge in [0.1, 0.15) is 0 Å². The molecule has 0 aliphatic heterocycles. The van der Waals surface area contributed by atoms with Crippen LogP contribution in [0.2, 0.25) is 0 Å². The van der Waals surface area contributed by atoms with E-state index in [4.69, 9.17) is 10.2 Å². The van der Waals surface area contributed by atoms with Gasteiger partial charge in [0.15, 0.2) is 6.29 Å². The number of nitrogens with one attached hydrogen (secondary N) is 1. The van der Waals surface area contributed by atoms with Crippen LogP contribution in [0.25, 0.3) is 0 Å². The Kier molecular flexibility index (Phi) is 3.39. The number of rotatable bonds is 2. The van der Waals surface area contributed by atoms with Crippen LogP contribution in [0.15, 0.2) is 22.9 Å². The Hall–Kier alpha value is -1.34. The minimum Gasteiger partial charge on any atom is -0.364 e. The Bertz CT molecular complexity index is 369. The van der Waals surface area contributed by atoms with Crippen LogP contribution in [-0.2, 0) is 4.79 Å². The first-order valence-corrected chi connectivity index (χ1v) is 4.36. The lowest BCUT2D eigenvalue weighted by Crippen LogP contribution is -2.22. The molecule has 0 fully saturated rings. The van der Waals surface area contributed by atoms with Gasteiger partial charge in [-0.05, 0) is 6.08 Å². The number of hydrogen-bond acceptors (Lipinski definition) is 3. The summed E-state index contributed by atoms with van der Waals surface area (Å²) < 4.78 is 37.0. The Morgan fingerprint density at radius 1 is 1.50 bits per heavy atom. The van der Waals surface area contributed by atoms with Gasteiger partial charge in [-0.15, -0.1) is 0 Å². The molecule has 7 heteroatoms. The molecule has 1 aliphatic rings. The molecule has 0 spiro atoms. The first-order valence-electron chi connectivity index (χ1n) is 4.36. The van der Waals surface area contributed by atoms with Gasteiger partial charge >= 0.3 is 6.18 Å². The predicted octanol–water partition coefficient (Wildman–Crippen LogP) is 0.580. The Balaban J connectivity index is 2.95. The Morgan fingerprint density at radius 2 is 2.06 bits per heavy atom. The second-order valence-corrected chi connectivity index (χ2v) is 3.33. The molecular weight excluding hydrogens is 227 g/mol. The molecule has 0 unspecified atom stereocenters. The molecule has 0 bridgehead atoms. The molecule has 90 valence electrons. The maximum atomic E-state index is 12.3. The third-order valence-corrected chi connectivity index (χ3v) is 2.01. The van der Waals surface area contributed by atoms with Crippen LogP contribution in [-0.4, -0.2) is 28.6 Å². The zero-order valence-electron chi connectivity index (χ0n) is 8.30. The molecule has 0 aromatic heterocycles. The molecule has 3 N–H and O–H groups in total. The summed E-state index contributed by atoms with van der Waals surface area (Å²) >= 11 is 0. The molecule has 16 heavy (non-hydrogen) atoms. The highest BCUT2D eigenvalue weighted by atomic mass is 19.4. The van der Waals surface area contributed by atoms with Crippen molar-refractivity contribution in [1.29, 1.82) is 0 Å². The summed E-state index contributed by atoms with van der Waals surface area (Å²) in [4.78, 5) is 10.7. The van der Waals surface area contributed by atoms with E-state index >= 15 is 0 Å². The van der Waals surface area contributed by atoms with E-state index in [0.717, 1.165) is 6.92 Å². The first-order chi connectivity index (χ1) is 7.21. The van der Waals surface area contributed by atoms with E-state index in [-0.39, 0.29) is 11.3 Å². The molecule has 0 radical (unpaired) electrons. The molecule has 0 saturated heterocycles. The molecule has 0 aromatic rings. The highest BCUT2D eigenvalue weighted by Crippen LogP contribution is 2.36. The van der Waals surface area contributed by atoms with Crippen LogP contribution >= 0.6 is 0 Å². The van der Waals surface area contributed by atoms with Gasteiger partial charge in [0.2, 0.25) is 5.91 Å². The van der Waals surface area contributed by atoms with Crippen LogP contribution in [0.3, 0.4) is 0 Å². The fourth-order valence-corrected chi connectivity index (χ4v) is 1.36. The summed E-state index contributed by atoms with van der Waals surface area (Å²) in [6.45, 7) is 1.12. The van der Waals surface area contributed by atoms with E-state index in [9.17, 15) is 18.0 Å². The van der Waals surface area contributed by atoms with Gasteiger partial charge < -0.3 is 15.5 Å². The molecule has 1 rings (SSSR count). The zero-order chi connectivity index (χ0) is 12.5. The van der Waals surface area contributed by atoms with Gasteiger partial charge in [-0.3, -0.25) is 4.79 Å². The normalized spacial score (nSPS) is 16.8. The van der Waals surface area contributed by atoms with E-state index in [0.29, 0.717) is 6.08 Å². The highest BCUT2D eigenvalue weighted by molar-refractivity contribution is 5.75. The number of amides is 1. The first kappa shape index (κ1) is 12.7. The van der Waals surface area contributed by atoms with E-state index in [1.54, 1.807) is 0 Å². The number of aliphatic hydroxyl groups excluding tert-OH is 1. The molecular formula is C9H10F3NO3. The van der Waals surface area contributed by atoms with Crippen LogP contribution in [0.4, 0.5) is 13.2 Å². The molecule has 1 aliphatic carbocycles. The van der Waals surface area contributed by atoms with Gasteiger partial charge in [0, 0.05) is 30.2 Å². The zero-order valence-corrected chi connectivity index (χ0v) is 8.30. The molecule has 0 aromatic carbocycles. The summed E-state index contributed by atoms with van der Waals surface area (Å²) in [6, 6.07) is 0. The van der Waals surface area contributed by atoms with Crippen LogP contribution < -0.4 is 5.32 Å². The van der Waals surface area contributed by atoms with Gasteiger partial charge in [-0.2, -0.15) is 13.2 Å². The second-order valence-electron chi connectivity index (χ2n) is 3.33. The van der Waals surface area contributed by atoms with Crippen LogP contribution in [0, 0.1) is 0 Å². The van der Waals surface area contributed by atoms with E-state index in [2.05, 4.69) is 5.32 Å². The van der Waals surface area contributed by atoms with Crippen LogP contribution in [0.5, 0.6) is 0 Å². The van der Waals surface area contributed by atoms with Gasteiger partial charge in [0.25, 0.3) is 0 Å². The summed E-state index contributed by atoms with van der Waals surface area (Å²) in [5.41, 5.74) is -1.38. The Morgan fingerprint density at radius 3 is 2.44 bits per heavy atom. The van der Waals surface area contributed by atoms with Gasteiger partial charge in [0.05, 0.1) is 0 Å². The van der Waals surface area contributed by atoms with E-state index in [1.807, 2.05) is 0 Å². The lowest BCUT2D eigenvalue weighted by molar-refractivity contribution is -0.118. The number of carbonyl (C=O) groups excluding carboxylic acids is 1. The van der Waals surface area contributed by atoms with E-state index in [1.165, 1.54) is 0 Å². The number of hydrogen-bond donors (Lipinski definition) is 3. The third kappa shape index (κ3) is 2.83. The van der Waals surface area contributed by atoms with Crippen molar-refractivity contribution in [3.63, 3.8) is 0 Å². The average Bonchev–Trinajstić information content (AvgIpc) is 2.45. The minimum atomic E-state index is -4.54. The largest absolute Gasteiger partial charge is 0.413 e. The summed E-state index contributed by atoms with van der Waals surface area (Å²) in [5.74, 6) is -0.565.